The van der Waals surface area contributed by atoms with Crippen LogP contribution in [0.25, 0.3) is 5.70 Å². The monoisotopic (exact) mass is 403 g/mol. The molecule has 0 saturated heterocycles. The van der Waals surface area contributed by atoms with Crippen molar-refractivity contribution >= 4 is 29.0 Å². The maximum Gasteiger partial charge on any atom is 0.337 e. The van der Waals surface area contributed by atoms with Gasteiger partial charge >= 0.3 is 5.97 Å². The SMILES string of the molecule is C=C(/C=C(/c1cc(F)cc(C#N)c1)N(N)c1ccc(F)c(Cl)c1)C(=O)OCC. The minimum Gasteiger partial charge on any atom is -0.462 e. The van der Waals surface area contributed by atoms with Crippen molar-refractivity contribution in [1.82, 2.24) is 0 Å². The number of nitrogens with two attached hydrogens (primary N) is 1. The highest BCUT2D eigenvalue weighted by Gasteiger charge is 2.17. The number of benzene rings is 2. The summed E-state index contributed by atoms with van der Waals surface area (Å²) in [4.78, 5) is 11.9. The van der Waals surface area contributed by atoms with Crippen LogP contribution in [0.15, 0.2) is 54.6 Å². The molecule has 0 aliphatic rings. The lowest BCUT2D eigenvalue weighted by Crippen LogP contribution is -2.29. The molecule has 144 valence electrons. The van der Waals surface area contributed by atoms with E-state index in [9.17, 15) is 13.6 Å². The minimum atomic E-state index is -0.692. The summed E-state index contributed by atoms with van der Waals surface area (Å²) in [5.74, 6) is 4.13. The third kappa shape index (κ3) is 4.94. The standard InChI is InChI=1S/C20H16ClF2N3O2/c1-3-28-20(27)12(2)6-19(14-7-13(11-24)8-15(22)9-14)26(25)16-4-5-18(23)17(21)10-16/h4-10H,2-3,25H2,1H3/b19-6-. The number of anilines is 1. The van der Waals surface area contributed by atoms with Crippen molar-refractivity contribution < 1.29 is 18.3 Å². The fourth-order valence-corrected chi connectivity index (χ4v) is 2.49. The molecule has 2 aromatic carbocycles. The summed E-state index contributed by atoms with van der Waals surface area (Å²) < 4.78 is 32.3. The molecule has 0 unspecified atom stereocenters. The van der Waals surface area contributed by atoms with E-state index in [1.807, 2.05) is 6.07 Å². The summed E-state index contributed by atoms with van der Waals surface area (Å²) in [5, 5.41) is 10.0. The zero-order chi connectivity index (χ0) is 20.8. The predicted molar refractivity (Wildman–Crippen MR) is 103 cm³/mol. The number of halogens is 3. The molecule has 28 heavy (non-hydrogen) atoms. The largest absolute Gasteiger partial charge is 0.462 e. The molecule has 0 bridgehead atoms. The van der Waals surface area contributed by atoms with Gasteiger partial charge in [-0.2, -0.15) is 5.26 Å². The number of nitrogens with zero attached hydrogens (tertiary/aromatic N) is 2. The van der Waals surface area contributed by atoms with E-state index in [0.717, 1.165) is 23.2 Å². The second kappa shape index (κ2) is 9.13. The van der Waals surface area contributed by atoms with Gasteiger partial charge in [0.15, 0.2) is 0 Å². The molecule has 0 aliphatic heterocycles. The Labute approximate surface area is 165 Å². The molecule has 2 aromatic rings. The highest BCUT2D eigenvalue weighted by molar-refractivity contribution is 6.31. The molecular formula is C20H16ClF2N3O2. The maximum absolute atomic E-state index is 14.0. The first kappa shape index (κ1) is 21.1. The lowest BCUT2D eigenvalue weighted by molar-refractivity contribution is -0.138. The Morgan fingerprint density at radius 1 is 1.36 bits per heavy atom. The van der Waals surface area contributed by atoms with Gasteiger partial charge in [0.2, 0.25) is 0 Å². The van der Waals surface area contributed by atoms with Gasteiger partial charge in [-0.1, -0.05) is 18.2 Å². The van der Waals surface area contributed by atoms with E-state index in [1.54, 1.807) is 6.92 Å². The minimum absolute atomic E-state index is 0.0492. The molecule has 0 radical (unpaired) electrons. The topological polar surface area (TPSA) is 79.4 Å². The van der Waals surface area contributed by atoms with Gasteiger partial charge in [-0.05, 0) is 49.4 Å². The molecule has 0 spiro atoms. The normalized spacial score (nSPS) is 10.9. The van der Waals surface area contributed by atoms with Crippen LogP contribution in [-0.2, 0) is 9.53 Å². The van der Waals surface area contributed by atoms with Crippen molar-refractivity contribution in [2.75, 3.05) is 11.6 Å². The Morgan fingerprint density at radius 3 is 2.68 bits per heavy atom. The van der Waals surface area contributed by atoms with Gasteiger partial charge in [-0.3, -0.25) is 5.01 Å². The van der Waals surface area contributed by atoms with Gasteiger partial charge in [0.05, 0.1) is 40.2 Å². The third-order valence-corrected chi connectivity index (χ3v) is 3.90. The number of carbonyl (C=O) groups excluding carboxylic acids is 1. The number of ether oxygens (including phenoxy) is 1. The molecule has 0 amide bonds. The van der Waals surface area contributed by atoms with Crippen molar-refractivity contribution in [2.24, 2.45) is 5.84 Å². The predicted octanol–water partition coefficient (Wildman–Crippen LogP) is 4.33. The Balaban J connectivity index is 2.60. The van der Waals surface area contributed by atoms with Crippen molar-refractivity contribution in [3.63, 3.8) is 0 Å². The van der Waals surface area contributed by atoms with Gasteiger partial charge in [0.1, 0.15) is 11.6 Å². The van der Waals surface area contributed by atoms with Gasteiger partial charge in [0, 0.05) is 5.56 Å². The summed E-state index contributed by atoms with van der Waals surface area (Å²) in [6, 6.07) is 9.15. The van der Waals surface area contributed by atoms with Crippen molar-refractivity contribution in [3.05, 3.63) is 82.4 Å². The second-order valence-corrected chi connectivity index (χ2v) is 5.99. The molecule has 0 aliphatic carbocycles. The van der Waals surface area contributed by atoms with E-state index in [4.69, 9.17) is 27.4 Å². The quantitative estimate of drug-likeness (QED) is 0.255. The number of hydrogen-bond donors (Lipinski definition) is 1. The fourth-order valence-electron chi connectivity index (χ4n) is 2.32. The Hall–Kier alpha value is -3.21. The molecule has 2 N–H and O–H groups in total. The van der Waals surface area contributed by atoms with Crippen LogP contribution in [0, 0.1) is 23.0 Å². The van der Waals surface area contributed by atoms with Crippen LogP contribution in [-0.4, -0.2) is 12.6 Å². The average molecular weight is 404 g/mol. The van der Waals surface area contributed by atoms with Crippen LogP contribution in [0.3, 0.4) is 0 Å². The molecule has 0 aromatic heterocycles. The zero-order valence-electron chi connectivity index (χ0n) is 14.9. The highest BCUT2D eigenvalue weighted by Crippen LogP contribution is 2.29. The van der Waals surface area contributed by atoms with Gasteiger partial charge < -0.3 is 4.74 Å². The number of hydrazine groups is 1. The van der Waals surface area contributed by atoms with E-state index < -0.39 is 17.6 Å². The van der Waals surface area contributed by atoms with Crippen LogP contribution >= 0.6 is 11.6 Å². The van der Waals surface area contributed by atoms with Gasteiger partial charge in [0.25, 0.3) is 0 Å². The summed E-state index contributed by atoms with van der Waals surface area (Å²) in [6.45, 7) is 5.41. The molecule has 0 saturated carbocycles. The van der Waals surface area contributed by atoms with E-state index in [-0.39, 0.29) is 39.7 Å². The smallest absolute Gasteiger partial charge is 0.337 e. The molecule has 2 rings (SSSR count). The first-order chi connectivity index (χ1) is 13.3. The van der Waals surface area contributed by atoms with Gasteiger partial charge in [-0.15, -0.1) is 0 Å². The number of rotatable bonds is 6. The summed E-state index contributed by atoms with van der Waals surface area (Å²) in [7, 11) is 0. The van der Waals surface area contributed by atoms with E-state index in [2.05, 4.69) is 6.58 Å². The van der Waals surface area contributed by atoms with Crippen molar-refractivity contribution in [1.29, 1.82) is 5.26 Å². The van der Waals surface area contributed by atoms with E-state index >= 15 is 0 Å². The number of hydrogen-bond acceptors (Lipinski definition) is 5. The highest BCUT2D eigenvalue weighted by atomic mass is 35.5. The molecule has 0 fully saturated rings. The number of esters is 1. The zero-order valence-corrected chi connectivity index (χ0v) is 15.6. The first-order valence-electron chi connectivity index (χ1n) is 8.05. The lowest BCUT2D eigenvalue weighted by atomic mass is 10.1. The van der Waals surface area contributed by atoms with E-state index in [1.165, 1.54) is 24.3 Å². The summed E-state index contributed by atoms with van der Waals surface area (Å²) in [6.07, 6.45) is 1.28. The fraction of sp³-hybridized carbons (Fsp3) is 0.100. The summed E-state index contributed by atoms with van der Waals surface area (Å²) >= 11 is 5.81. The molecule has 0 atom stereocenters. The van der Waals surface area contributed by atoms with E-state index in [0.29, 0.717) is 0 Å². The van der Waals surface area contributed by atoms with Crippen LogP contribution in [0.4, 0.5) is 14.5 Å². The number of nitriles is 1. The van der Waals surface area contributed by atoms with Crippen LogP contribution < -0.4 is 10.9 Å². The lowest BCUT2D eigenvalue weighted by Gasteiger charge is -2.23. The molecule has 0 heterocycles. The van der Waals surface area contributed by atoms with Crippen LogP contribution in [0.5, 0.6) is 0 Å². The number of carbonyl (C=O) groups is 1. The van der Waals surface area contributed by atoms with Crippen molar-refractivity contribution in [3.8, 4) is 6.07 Å². The maximum atomic E-state index is 14.0. The Morgan fingerprint density at radius 2 is 2.07 bits per heavy atom. The average Bonchev–Trinajstić information content (AvgIpc) is 2.67. The molecule has 8 heteroatoms. The van der Waals surface area contributed by atoms with Crippen molar-refractivity contribution in [2.45, 2.75) is 6.92 Å². The Bertz CT molecular complexity index is 999. The Kier molecular flexibility index (Phi) is 6.88. The molecular weight excluding hydrogens is 388 g/mol. The van der Waals surface area contributed by atoms with Gasteiger partial charge in [-0.25, -0.2) is 19.4 Å². The third-order valence-electron chi connectivity index (χ3n) is 3.61. The second-order valence-electron chi connectivity index (χ2n) is 5.58. The first-order valence-corrected chi connectivity index (χ1v) is 8.43. The summed E-state index contributed by atoms with van der Waals surface area (Å²) in [5.41, 5.74) is 0.579. The van der Waals surface area contributed by atoms with Crippen LogP contribution in [0.1, 0.15) is 18.1 Å². The molecule has 5 nitrogen and oxygen atoms in total. The van der Waals surface area contributed by atoms with Crippen LogP contribution in [0.2, 0.25) is 5.02 Å².